The van der Waals surface area contributed by atoms with Crippen LogP contribution in [0, 0.1) is 4.91 Å². The van der Waals surface area contributed by atoms with E-state index in [2.05, 4.69) is 10.5 Å². The minimum atomic E-state index is -0.252. The van der Waals surface area contributed by atoms with E-state index >= 15 is 0 Å². The lowest BCUT2D eigenvalue weighted by molar-refractivity contribution is -0.114. The Morgan fingerprint density at radius 3 is 2.53 bits per heavy atom. The molecule has 0 aliphatic carbocycles. The summed E-state index contributed by atoms with van der Waals surface area (Å²) in [5, 5.41) is 16.3. The van der Waals surface area contributed by atoms with E-state index in [9.17, 15) is 14.8 Å². The topological polar surface area (TPSA) is 78.8 Å². The van der Waals surface area contributed by atoms with Crippen LogP contribution in [-0.4, -0.2) is 11.0 Å². The van der Waals surface area contributed by atoms with E-state index in [1.807, 2.05) is 0 Å². The standard InChI is InChI=1S/C12H10N2O3/c1-7(15)13-10-6-11(14-17)12(16)9-5-3-2-4-8(9)10/h2-6,16H,1H3,(H,13,15). The van der Waals surface area contributed by atoms with Crippen molar-refractivity contribution in [2.45, 2.75) is 6.92 Å². The molecule has 0 saturated heterocycles. The summed E-state index contributed by atoms with van der Waals surface area (Å²) in [5.74, 6) is -0.428. The molecule has 5 nitrogen and oxygen atoms in total. The first-order valence-corrected chi connectivity index (χ1v) is 4.99. The highest BCUT2D eigenvalue weighted by Gasteiger charge is 2.12. The molecule has 0 unspecified atom stereocenters. The largest absolute Gasteiger partial charge is 0.505 e. The van der Waals surface area contributed by atoms with Gasteiger partial charge in [-0.1, -0.05) is 24.3 Å². The predicted molar refractivity (Wildman–Crippen MR) is 65.4 cm³/mol. The molecule has 0 radical (unpaired) electrons. The van der Waals surface area contributed by atoms with Crippen molar-refractivity contribution >= 4 is 28.1 Å². The fourth-order valence-electron chi connectivity index (χ4n) is 1.71. The van der Waals surface area contributed by atoms with Gasteiger partial charge in [0, 0.05) is 17.7 Å². The zero-order valence-corrected chi connectivity index (χ0v) is 9.10. The molecular formula is C12H10N2O3. The van der Waals surface area contributed by atoms with Gasteiger partial charge in [0.2, 0.25) is 5.91 Å². The van der Waals surface area contributed by atoms with E-state index < -0.39 is 0 Å². The Morgan fingerprint density at radius 2 is 1.94 bits per heavy atom. The van der Waals surface area contributed by atoms with E-state index in [0.29, 0.717) is 16.5 Å². The second kappa shape index (κ2) is 4.21. The molecule has 2 aromatic rings. The quantitative estimate of drug-likeness (QED) is 0.615. The summed E-state index contributed by atoms with van der Waals surface area (Å²) in [4.78, 5) is 21.6. The molecule has 0 heterocycles. The van der Waals surface area contributed by atoms with Gasteiger partial charge in [-0.25, -0.2) is 0 Å². The molecule has 2 rings (SSSR count). The van der Waals surface area contributed by atoms with Crippen molar-refractivity contribution in [1.82, 2.24) is 0 Å². The summed E-state index contributed by atoms with van der Waals surface area (Å²) in [6, 6.07) is 8.26. The first-order valence-electron chi connectivity index (χ1n) is 4.99. The number of hydrogen-bond acceptors (Lipinski definition) is 4. The highest BCUT2D eigenvalue weighted by atomic mass is 16.3. The zero-order chi connectivity index (χ0) is 12.4. The van der Waals surface area contributed by atoms with Crippen LogP contribution in [0.15, 0.2) is 35.5 Å². The van der Waals surface area contributed by atoms with Crippen molar-refractivity contribution in [2.75, 3.05) is 5.32 Å². The minimum Gasteiger partial charge on any atom is -0.505 e. The molecule has 1 amide bonds. The summed E-state index contributed by atoms with van der Waals surface area (Å²) in [5.41, 5.74) is 0.368. The van der Waals surface area contributed by atoms with Gasteiger partial charge in [-0.3, -0.25) is 4.79 Å². The van der Waals surface area contributed by atoms with Crippen LogP contribution >= 0.6 is 0 Å². The van der Waals surface area contributed by atoms with Crippen molar-refractivity contribution in [3.8, 4) is 5.75 Å². The number of aromatic hydroxyl groups is 1. The maximum atomic E-state index is 11.1. The lowest BCUT2D eigenvalue weighted by Crippen LogP contribution is -2.06. The fourth-order valence-corrected chi connectivity index (χ4v) is 1.71. The van der Waals surface area contributed by atoms with Crippen molar-refractivity contribution in [3.63, 3.8) is 0 Å². The fraction of sp³-hybridized carbons (Fsp3) is 0.0833. The zero-order valence-electron chi connectivity index (χ0n) is 9.10. The molecule has 2 aromatic carbocycles. The number of carbonyl (C=O) groups excluding carboxylic acids is 1. The molecule has 5 heteroatoms. The Balaban J connectivity index is 2.77. The molecule has 2 N–H and O–H groups in total. The third-order valence-electron chi connectivity index (χ3n) is 2.41. The number of nitrogens with zero attached hydrogens (tertiary/aromatic N) is 1. The van der Waals surface area contributed by atoms with E-state index in [-0.39, 0.29) is 17.3 Å². The first-order chi connectivity index (χ1) is 8.13. The number of benzene rings is 2. The molecule has 0 aliphatic heterocycles. The number of fused-ring (bicyclic) bond motifs is 1. The molecule has 0 fully saturated rings. The third kappa shape index (κ3) is 1.94. The van der Waals surface area contributed by atoms with Crippen LogP contribution in [0.4, 0.5) is 11.4 Å². The highest BCUT2D eigenvalue weighted by Crippen LogP contribution is 2.39. The highest BCUT2D eigenvalue weighted by molar-refractivity contribution is 6.06. The lowest BCUT2D eigenvalue weighted by atomic mass is 10.1. The number of anilines is 1. The third-order valence-corrected chi connectivity index (χ3v) is 2.41. The van der Waals surface area contributed by atoms with Gasteiger partial charge in [-0.05, 0) is 11.2 Å². The smallest absolute Gasteiger partial charge is 0.221 e. The predicted octanol–water partition coefficient (Wildman–Crippen LogP) is 2.90. The van der Waals surface area contributed by atoms with E-state index in [1.165, 1.54) is 13.0 Å². The molecule has 0 aliphatic rings. The maximum absolute atomic E-state index is 11.1. The number of phenolic OH excluding ortho intramolecular Hbond substituents is 1. The molecular weight excluding hydrogens is 220 g/mol. The number of nitrogens with one attached hydrogen (secondary N) is 1. The van der Waals surface area contributed by atoms with Crippen molar-refractivity contribution in [3.05, 3.63) is 35.2 Å². The van der Waals surface area contributed by atoms with E-state index in [0.717, 1.165) is 0 Å². The Hall–Kier alpha value is -2.43. The Morgan fingerprint density at radius 1 is 1.29 bits per heavy atom. The Labute approximate surface area is 97.0 Å². The minimum absolute atomic E-state index is 0.0903. The normalized spacial score (nSPS) is 10.2. The number of nitroso groups, excluding NO2 is 1. The molecule has 0 bridgehead atoms. The summed E-state index contributed by atoms with van der Waals surface area (Å²) in [6.45, 7) is 1.37. The van der Waals surface area contributed by atoms with Gasteiger partial charge in [-0.15, -0.1) is 4.91 Å². The number of phenols is 1. The summed E-state index contributed by atoms with van der Waals surface area (Å²) < 4.78 is 0. The van der Waals surface area contributed by atoms with Crippen LogP contribution < -0.4 is 5.32 Å². The van der Waals surface area contributed by atoms with Gasteiger partial charge in [0.25, 0.3) is 0 Å². The lowest BCUT2D eigenvalue weighted by Gasteiger charge is -2.09. The molecule has 0 aromatic heterocycles. The van der Waals surface area contributed by atoms with Gasteiger partial charge >= 0.3 is 0 Å². The van der Waals surface area contributed by atoms with Crippen molar-refractivity contribution < 1.29 is 9.90 Å². The van der Waals surface area contributed by atoms with Gasteiger partial charge in [0.15, 0.2) is 11.4 Å². The number of rotatable bonds is 2. The first kappa shape index (κ1) is 11.1. The van der Waals surface area contributed by atoms with Crippen LogP contribution in [-0.2, 0) is 4.79 Å². The average molecular weight is 230 g/mol. The van der Waals surface area contributed by atoms with Gasteiger partial charge < -0.3 is 10.4 Å². The van der Waals surface area contributed by atoms with Gasteiger partial charge in [-0.2, -0.15) is 0 Å². The van der Waals surface area contributed by atoms with Gasteiger partial charge in [0.1, 0.15) is 0 Å². The second-order valence-corrected chi connectivity index (χ2v) is 3.61. The van der Waals surface area contributed by atoms with Crippen LogP contribution in [0.2, 0.25) is 0 Å². The van der Waals surface area contributed by atoms with Gasteiger partial charge in [0.05, 0.1) is 5.69 Å². The number of hydrogen-bond donors (Lipinski definition) is 2. The summed E-state index contributed by atoms with van der Waals surface area (Å²) in [7, 11) is 0. The maximum Gasteiger partial charge on any atom is 0.221 e. The van der Waals surface area contributed by atoms with Crippen molar-refractivity contribution in [2.24, 2.45) is 5.18 Å². The van der Waals surface area contributed by atoms with Crippen LogP contribution in [0.5, 0.6) is 5.75 Å². The average Bonchev–Trinajstić information content (AvgIpc) is 2.32. The molecule has 0 saturated carbocycles. The molecule has 0 spiro atoms. The van der Waals surface area contributed by atoms with E-state index in [1.54, 1.807) is 24.3 Å². The van der Waals surface area contributed by atoms with Crippen LogP contribution in [0.25, 0.3) is 10.8 Å². The van der Waals surface area contributed by atoms with Crippen molar-refractivity contribution in [1.29, 1.82) is 0 Å². The monoisotopic (exact) mass is 230 g/mol. The Kier molecular flexibility index (Phi) is 2.74. The van der Waals surface area contributed by atoms with Crippen LogP contribution in [0.3, 0.4) is 0 Å². The molecule has 86 valence electrons. The van der Waals surface area contributed by atoms with Crippen LogP contribution in [0.1, 0.15) is 6.92 Å². The molecule has 0 atom stereocenters. The summed E-state index contributed by atoms with van der Waals surface area (Å²) in [6.07, 6.45) is 0. The second-order valence-electron chi connectivity index (χ2n) is 3.61. The molecule has 17 heavy (non-hydrogen) atoms. The van der Waals surface area contributed by atoms with E-state index in [4.69, 9.17) is 0 Å². The number of carbonyl (C=O) groups is 1. The Bertz CT molecular complexity index is 608. The number of amides is 1. The SMILES string of the molecule is CC(=O)Nc1cc(N=O)c(O)c2ccccc12. The summed E-state index contributed by atoms with van der Waals surface area (Å²) >= 11 is 0.